The van der Waals surface area contributed by atoms with Crippen molar-refractivity contribution < 1.29 is 14.7 Å². The summed E-state index contributed by atoms with van der Waals surface area (Å²) in [6, 6.07) is 0. The van der Waals surface area contributed by atoms with E-state index in [0.29, 0.717) is 6.42 Å². The van der Waals surface area contributed by atoms with Gasteiger partial charge in [0.2, 0.25) is 0 Å². The third-order valence-electron chi connectivity index (χ3n) is 1.22. The molecule has 0 bridgehead atoms. The summed E-state index contributed by atoms with van der Waals surface area (Å²) in [7, 11) is 0. The first-order valence-corrected chi connectivity index (χ1v) is 3.58. The molecule has 0 aromatic heterocycles. The van der Waals surface area contributed by atoms with E-state index in [4.69, 9.17) is 5.11 Å². The van der Waals surface area contributed by atoms with Gasteiger partial charge in [0.25, 0.3) is 0 Å². The number of aliphatic carboxylic acids is 1. The summed E-state index contributed by atoms with van der Waals surface area (Å²) in [6.07, 6.45) is 1.75. The average molecular weight is 174 g/mol. The van der Waals surface area contributed by atoms with Crippen LogP contribution < -0.4 is 0 Å². The highest BCUT2D eigenvalue weighted by atomic mass is 32.1. The molecule has 1 unspecified atom stereocenters. The lowest BCUT2D eigenvalue weighted by atomic mass is 10.0. The molecule has 0 fully saturated rings. The maximum Gasteiger partial charge on any atom is 0.307 e. The largest absolute Gasteiger partial charge is 0.481 e. The summed E-state index contributed by atoms with van der Waals surface area (Å²) in [4.78, 5) is 20.8. The summed E-state index contributed by atoms with van der Waals surface area (Å²) >= 11 is 3.49. The number of hydrogen-bond donors (Lipinski definition) is 2. The Kier molecular flexibility index (Phi) is 4.61. The third kappa shape index (κ3) is 4.61. The molecule has 3 nitrogen and oxygen atoms in total. The van der Waals surface area contributed by atoms with E-state index in [1.807, 2.05) is 0 Å². The van der Waals surface area contributed by atoms with E-state index in [0.717, 1.165) is 0 Å². The zero-order chi connectivity index (χ0) is 8.85. The second-order valence-corrected chi connectivity index (χ2v) is 2.66. The highest BCUT2D eigenvalue weighted by Crippen LogP contribution is 2.10. The predicted octanol–water partition coefficient (Wildman–Crippen LogP) is 1.11. The number of carboxylic acid groups (broad SMARTS) is 1. The third-order valence-corrected chi connectivity index (χ3v) is 1.40. The zero-order valence-corrected chi connectivity index (χ0v) is 6.88. The van der Waals surface area contributed by atoms with E-state index in [2.05, 4.69) is 19.2 Å². The number of allylic oxidation sites excluding steroid dienone is 1. The van der Waals surface area contributed by atoms with Crippen LogP contribution in [0, 0.1) is 5.92 Å². The molecular weight excluding hydrogens is 164 g/mol. The molecule has 0 saturated carbocycles. The second kappa shape index (κ2) is 4.96. The fourth-order valence-corrected chi connectivity index (χ4v) is 0.904. The lowest BCUT2D eigenvalue weighted by molar-refractivity contribution is -0.142. The van der Waals surface area contributed by atoms with E-state index in [1.54, 1.807) is 0 Å². The standard InChI is InChI=1S/C7H10O3S/c1-2-3-5(7(9)10)4-6(8)11/h2,5H,1,3-4H2,(H,8,11)(H,9,10). The molecule has 0 aliphatic heterocycles. The topological polar surface area (TPSA) is 54.4 Å². The smallest absolute Gasteiger partial charge is 0.307 e. The Balaban J connectivity index is 3.99. The van der Waals surface area contributed by atoms with Crippen LogP contribution in [0.15, 0.2) is 12.7 Å². The minimum Gasteiger partial charge on any atom is -0.481 e. The molecule has 0 aromatic carbocycles. The van der Waals surface area contributed by atoms with E-state index >= 15 is 0 Å². The molecule has 0 spiro atoms. The van der Waals surface area contributed by atoms with Crippen LogP contribution in [0.3, 0.4) is 0 Å². The molecule has 0 radical (unpaired) electrons. The van der Waals surface area contributed by atoms with Gasteiger partial charge in [-0.15, -0.1) is 19.2 Å². The average Bonchev–Trinajstić information content (AvgIpc) is 1.86. The van der Waals surface area contributed by atoms with Crippen molar-refractivity contribution in [3.8, 4) is 0 Å². The SMILES string of the molecule is C=CCC(CC(=O)S)C(=O)O. The summed E-state index contributed by atoms with van der Waals surface area (Å²) in [5, 5.41) is 8.12. The first-order chi connectivity index (χ1) is 5.07. The summed E-state index contributed by atoms with van der Waals surface area (Å²) in [5.41, 5.74) is 0. The number of carbonyl (C=O) groups is 2. The van der Waals surface area contributed by atoms with Gasteiger partial charge in [0.05, 0.1) is 5.92 Å². The van der Waals surface area contributed by atoms with Crippen LogP contribution in [0.4, 0.5) is 0 Å². The molecule has 0 saturated heterocycles. The summed E-state index contributed by atoms with van der Waals surface area (Å²) < 4.78 is 0. The molecule has 0 aliphatic rings. The minimum absolute atomic E-state index is 0.0372. The minimum atomic E-state index is -0.979. The van der Waals surface area contributed by atoms with E-state index in [9.17, 15) is 9.59 Å². The van der Waals surface area contributed by atoms with Crippen LogP contribution in [-0.4, -0.2) is 16.2 Å². The Bertz CT molecular complexity index is 177. The first kappa shape index (κ1) is 10.2. The molecule has 0 aromatic rings. The van der Waals surface area contributed by atoms with Gasteiger partial charge in [0, 0.05) is 6.42 Å². The summed E-state index contributed by atoms with van der Waals surface area (Å²) in [6.45, 7) is 3.39. The first-order valence-electron chi connectivity index (χ1n) is 3.13. The van der Waals surface area contributed by atoms with Gasteiger partial charge in [-0.3, -0.25) is 9.59 Å². The van der Waals surface area contributed by atoms with Gasteiger partial charge in [0.15, 0.2) is 5.12 Å². The fourth-order valence-electron chi connectivity index (χ4n) is 0.683. The Morgan fingerprint density at radius 3 is 2.45 bits per heavy atom. The van der Waals surface area contributed by atoms with Crippen LogP contribution in [0.25, 0.3) is 0 Å². The molecule has 0 aliphatic carbocycles. The Morgan fingerprint density at radius 1 is 1.64 bits per heavy atom. The van der Waals surface area contributed by atoms with Gasteiger partial charge in [-0.1, -0.05) is 6.08 Å². The predicted molar refractivity (Wildman–Crippen MR) is 44.5 cm³/mol. The van der Waals surface area contributed by atoms with Crippen molar-refractivity contribution in [1.29, 1.82) is 0 Å². The van der Waals surface area contributed by atoms with E-state index in [-0.39, 0.29) is 6.42 Å². The molecule has 1 N–H and O–H groups in total. The van der Waals surface area contributed by atoms with Crippen LogP contribution in [0.1, 0.15) is 12.8 Å². The van der Waals surface area contributed by atoms with Gasteiger partial charge in [-0.25, -0.2) is 0 Å². The fraction of sp³-hybridized carbons (Fsp3) is 0.429. The zero-order valence-electron chi connectivity index (χ0n) is 5.99. The van der Waals surface area contributed by atoms with Crippen molar-refractivity contribution in [2.45, 2.75) is 12.8 Å². The van der Waals surface area contributed by atoms with E-state index < -0.39 is 17.0 Å². The van der Waals surface area contributed by atoms with Gasteiger partial charge in [0.1, 0.15) is 0 Å². The number of hydrogen-bond acceptors (Lipinski definition) is 2. The highest BCUT2D eigenvalue weighted by molar-refractivity contribution is 7.96. The van der Waals surface area contributed by atoms with Crippen molar-refractivity contribution in [3.05, 3.63) is 12.7 Å². The molecule has 0 amide bonds. The number of rotatable bonds is 5. The Labute approximate surface area is 70.5 Å². The molecule has 1 atom stereocenters. The van der Waals surface area contributed by atoms with Gasteiger partial charge in [-0.2, -0.15) is 0 Å². The van der Waals surface area contributed by atoms with Crippen molar-refractivity contribution >= 4 is 23.7 Å². The maximum atomic E-state index is 10.4. The Hall–Kier alpha value is -0.770. The van der Waals surface area contributed by atoms with E-state index in [1.165, 1.54) is 6.08 Å². The van der Waals surface area contributed by atoms with Crippen LogP contribution in [0.5, 0.6) is 0 Å². The Morgan fingerprint density at radius 2 is 2.18 bits per heavy atom. The molecule has 0 rings (SSSR count). The van der Waals surface area contributed by atoms with Crippen LogP contribution >= 0.6 is 12.6 Å². The van der Waals surface area contributed by atoms with Crippen molar-refractivity contribution in [2.75, 3.05) is 0 Å². The van der Waals surface area contributed by atoms with Gasteiger partial charge in [-0.05, 0) is 6.42 Å². The number of carbonyl (C=O) groups excluding carboxylic acids is 1. The van der Waals surface area contributed by atoms with Crippen LogP contribution in [0.2, 0.25) is 0 Å². The number of thiol groups is 1. The van der Waals surface area contributed by atoms with Crippen molar-refractivity contribution in [2.24, 2.45) is 5.92 Å². The molecule has 11 heavy (non-hydrogen) atoms. The van der Waals surface area contributed by atoms with Gasteiger partial charge >= 0.3 is 5.97 Å². The molecule has 0 heterocycles. The second-order valence-electron chi connectivity index (χ2n) is 2.16. The molecule has 4 heteroatoms. The van der Waals surface area contributed by atoms with Gasteiger partial charge < -0.3 is 5.11 Å². The quantitative estimate of drug-likeness (QED) is 0.485. The lowest BCUT2D eigenvalue weighted by Crippen LogP contribution is -2.15. The molecule has 62 valence electrons. The maximum absolute atomic E-state index is 10.4. The van der Waals surface area contributed by atoms with Crippen LogP contribution in [-0.2, 0) is 9.59 Å². The number of carboxylic acids is 1. The van der Waals surface area contributed by atoms with Crippen molar-refractivity contribution in [1.82, 2.24) is 0 Å². The summed E-state index contributed by atoms with van der Waals surface area (Å²) in [5.74, 6) is -1.65. The normalized spacial score (nSPS) is 12.1. The molecular formula is C7H10O3S. The highest BCUT2D eigenvalue weighted by Gasteiger charge is 2.17. The monoisotopic (exact) mass is 174 g/mol. The van der Waals surface area contributed by atoms with Crippen molar-refractivity contribution in [3.63, 3.8) is 0 Å². The lowest BCUT2D eigenvalue weighted by Gasteiger charge is -2.05.